The van der Waals surface area contributed by atoms with Gasteiger partial charge in [-0.3, -0.25) is 9.59 Å². The van der Waals surface area contributed by atoms with Gasteiger partial charge in [0.2, 0.25) is 11.8 Å². The number of likely N-dealkylation sites (N-methyl/N-ethyl adjacent to an activating group) is 1. The predicted molar refractivity (Wildman–Crippen MR) is 73.4 cm³/mol. The second kappa shape index (κ2) is 5.73. The monoisotopic (exact) mass is 261 g/mol. The molecule has 0 unspecified atom stereocenters. The van der Waals surface area contributed by atoms with Crippen LogP contribution in [0.3, 0.4) is 0 Å². The SMILES string of the molecule is CN1CC(=O)N(CCCc2ccc(N)cc2)CC1=O. The molecule has 1 aromatic rings. The molecule has 5 heteroatoms. The van der Waals surface area contributed by atoms with Crippen LogP contribution in [0.15, 0.2) is 24.3 Å². The highest BCUT2D eigenvalue weighted by molar-refractivity contribution is 5.92. The fourth-order valence-electron chi connectivity index (χ4n) is 2.13. The van der Waals surface area contributed by atoms with E-state index in [1.54, 1.807) is 11.9 Å². The van der Waals surface area contributed by atoms with E-state index in [-0.39, 0.29) is 24.9 Å². The van der Waals surface area contributed by atoms with Gasteiger partial charge in [-0.1, -0.05) is 12.1 Å². The molecule has 1 fully saturated rings. The summed E-state index contributed by atoms with van der Waals surface area (Å²) in [4.78, 5) is 26.4. The van der Waals surface area contributed by atoms with Gasteiger partial charge in [-0.05, 0) is 30.5 Å². The molecule has 1 heterocycles. The lowest BCUT2D eigenvalue weighted by molar-refractivity contribution is -0.148. The maximum atomic E-state index is 11.8. The third-order valence-electron chi connectivity index (χ3n) is 3.35. The predicted octanol–water partition coefficient (Wildman–Crippen LogP) is 0.502. The molecule has 1 aliphatic rings. The van der Waals surface area contributed by atoms with E-state index in [2.05, 4.69) is 0 Å². The van der Waals surface area contributed by atoms with Crippen LogP contribution in [0, 0.1) is 0 Å². The van der Waals surface area contributed by atoms with Crippen LogP contribution >= 0.6 is 0 Å². The first-order valence-electron chi connectivity index (χ1n) is 6.42. The van der Waals surface area contributed by atoms with Gasteiger partial charge in [-0.25, -0.2) is 0 Å². The highest BCUT2D eigenvalue weighted by Gasteiger charge is 2.26. The van der Waals surface area contributed by atoms with Crippen LogP contribution in [0.5, 0.6) is 0 Å². The summed E-state index contributed by atoms with van der Waals surface area (Å²) >= 11 is 0. The van der Waals surface area contributed by atoms with Gasteiger partial charge in [0, 0.05) is 19.3 Å². The van der Waals surface area contributed by atoms with Crippen LogP contribution in [-0.4, -0.2) is 48.3 Å². The van der Waals surface area contributed by atoms with Gasteiger partial charge in [0.25, 0.3) is 0 Å². The number of hydrogen-bond acceptors (Lipinski definition) is 3. The lowest BCUT2D eigenvalue weighted by Crippen LogP contribution is -2.52. The first-order chi connectivity index (χ1) is 9.06. The molecule has 1 saturated heterocycles. The summed E-state index contributed by atoms with van der Waals surface area (Å²) in [7, 11) is 1.66. The average molecular weight is 261 g/mol. The molecule has 2 N–H and O–H groups in total. The minimum atomic E-state index is 0.00656. The zero-order valence-corrected chi connectivity index (χ0v) is 11.1. The standard InChI is InChI=1S/C14H19N3O2/c1-16-9-14(19)17(10-13(16)18)8-2-3-11-4-6-12(15)7-5-11/h4-7H,2-3,8-10,15H2,1H3. The van der Waals surface area contributed by atoms with Crippen LogP contribution in [0.1, 0.15) is 12.0 Å². The Hall–Kier alpha value is -2.04. The number of benzene rings is 1. The number of anilines is 1. The summed E-state index contributed by atoms with van der Waals surface area (Å²) in [6.07, 6.45) is 1.74. The number of nitrogen functional groups attached to an aromatic ring is 1. The number of nitrogens with two attached hydrogens (primary N) is 1. The number of carbonyl (C=O) groups excluding carboxylic acids is 2. The van der Waals surface area contributed by atoms with Crippen LogP contribution in [0.2, 0.25) is 0 Å². The summed E-state index contributed by atoms with van der Waals surface area (Å²) in [5, 5.41) is 0. The van der Waals surface area contributed by atoms with E-state index in [1.807, 2.05) is 24.3 Å². The molecule has 0 saturated carbocycles. The van der Waals surface area contributed by atoms with E-state index in [0.717, 1.165) is 18.5 Å². The Morgan fingerprint density at radius 1 is 1.11 bits per heavy atom. The molecule has 2 amide bonds. The van der Waals surface area contributed by atoms with Crippen molar-refractivity contribution in [1.29, 1.82) is 0 Å². The van der Waals surface area contributed by atoms with E-state index in [9.17, 15) is 9.59 Å². The second-order valence-electron chi connectivity index (χ2n) is 4.91. The molecule has 0 aromatic heterocycles. The molecule has 1 aliphatic heterocycles. The number of carbonyl (C=O) groups is 2. The van der Waals surface area contributed by atoms with Crippen LogP contribution < -0.4 is 5.73 Å². The zero-order chi connectivity index (χ0) is 13.8. The van der Waals surface area contributed by atoms with Crippen molar-refractivity contribution >= 4 is 17.5 Å². The van der Waals surface area contributed by atoms with Gasteiger partial charge in [0.15, 0.2) is 0 Å². The Labute approximate surface area is 113 Å². The van der Waals surface area contributed by atoms with Gasteiger partial charge in [0.05, 0.1) is 13.1 Å². The van der Waals surface area contributed by atoms with Crippen molar-refractivity contribution in [3.63, 3.8) is 0 Å². The van der Waals surface area contributed by atoms with Crippen LogP contribution in [-0.2, 0) is 16.0 Å². The molecule has 0 bridgehead atoms. The number of amides is 2. The quantitative estimate of drug-likeness (QED) is 0.803. The highest BCUT2D eigenvalue weighted by Crippen LogP contribution is 2.09. The Morgan fingerprint density at radius 2 is 1.79 bits per heavy atom. The van der Waals surface area contributed by atoms with Crippen molar-refractivity contribution in [2.45, 2.75) is 12.8 Å². The molecular formula is C14H19N3O2. The summed E-state index contributed by atoms with van der Waals surface area (Å²) in [6, 6.07) is 7.73. The maximum Gasteiger partial charge on any atom is 0.242 e. The van der Waals surface area contributed by atoms with Crippen molar-refractivity contribution in [2.75, 3.05) is 32.4 Å². The van der Waals surface area contributed by atoms with Gasteiger partial charge >= 0.3 is 0 Å². The van der Waals surface area contributed by atoms with Gasteiger partial charge < -0.3 is 15.5 Å². The van der Waals surface area contributed by atoms with Crippen molar-refractivity contribution < 1.29 is 9.59 Å². The molecule has 0 aliphatic carbocycles. The van der Waals surface area contributed by atoms with Gasteiger partial charge in [-0.2, -0.15) is 0 Å². The van der Waals surface area contributed by atoms with Crippen molar-refractivity contribution in [3.05, 3.63) is 29.8 Å². The van der Waals surface area contributed by atoms with Crippen molar-refractivity contribution in [3.8, 4) is 0 Å². The zero-order valence-electron chi connectivity index (χ0n) is 11.1. The van der Waals surface area contributed by atoms with Gasteiger partial charge in [-0.15, -0.1) is 0 Å². The minimum absolute atomic E-state index is 0.00656. The molecule has 102 valence electrons. The van der Waals surface area contributed by atoms with Crippen molar-refractivity contribution in [2.24, 2.45) is 0 Å². The number of nitrogens with zero attached hydrogens (tertiary/aromatic N) is 2. The molecular weight excluding hydrogens is 242 g/mol. The molecule has 0 radical (unpaired) electrons. The normalized spacial score (nSPS) is 16.1. The fraction of sp³-hybridized carbons (Fsp3) is 0.429. The number of aryl methyl sites for hydroxylation is 1. The van der Waals surface area contributed by atoms with Crippen LogP contribution in [0.4, 0.5) is 5.69 Å². The average Bonchev–Trinajstić information content (AvgIpc) is 2.38. The van der Waals surface area contributed by atoms with E-state index in [0.29, 0.717) is 6.54 Å². The lowest BCUT2D eigenvalue weighted by Gasteiger charge is -2.31. The Morgan fingerprint density at radius 3 is 2.47 bits per heavy atom. The summed E-state index contributed by atoms with van der Waals surface area (Å²) in [5.41, 5.74) is 7.57. The summed E-state index contributed by atoms with van der Waals surface area (Å²) < 4.78 is 0. The van der Waals surface area contributed by atoms with E-state index in [4.69, 9.17) is 5.73 Å². The maximum absolute atomic E-state index is 11.8. The van der Waals surface area contributed by atoms with E-state index < -0.39 is 0 Å². The van der Waals surface area contributed by atoms with E-state index >= 15 is 0 Å². The second-order valence-corrected chi connectivity index (χ2v) is 4.91. The third-order valence-corrected chi connectivity index (χ3v) is 3.35. The van der Waals surface area contributed by atoms with Gasteiger partial charge in [0.1, 0.15) is 0 Å². The Bertz CT molecular complexity index is 470. The number of rotatable bonds is 4. The summed E-state index contributed by atoms with van der Waals surface area (Å²) in [6.45, 7) is 1.03. The van der Waals surface area contributed by atoms with E-state index in [1.165, 1.54) is 10.5 Å². The molecule has 19 heavy (non-hydrogen) atoms. The van der Waals surface area contributed by atoms with Crippen LogP contribution in [0.25, 0.3) is 0 Å². The Balaban J connectivity index is 1.81. The molecule has 2 rings (SSSR count). The third kappa shape index (κ3) is 3.47. The fourth-order valence-corrected chi connectivity index (χ4v) is 2.13. The Kier molecular flexibility index (Phi) is 4.04. The lowest BCUT2D eigenvalue weighted by atomic mass is 10.1. The molecule has 1 aromatic carbocycles. The first-order valence-corrected chi connectivity index (χ1v) is 6.42. The largest absolute Gasteiger partial charge is 0.399 e. The van der Waals surface area contributed by atoms with Crippen molar-refractivity contribution in [1.82, 2.24) is 9.80 Å². The topological polar surface area (TPSA) is 66.6 Å². The molecule has 5 nitrogen and oxygen atoms in total. The smallest absolute Gasteiger partial charge is 0.242 e. The first kappa shape index (κ1) is 13.4. The molecule has 0 atom stereocenters. The molecule has 0 spiro atoms. The number of piperazine rings is 1. The minimum Gasteiger partial charge on any atom is -0.399 e. The highest BCUT2D eigenvalue weighted by atomic mass is 16.2. The summed E-state index contributed by atoms with van der Waals surface area (Å²) in [5.74, 6) is 0.0338. The number of hydrogen-bond donors (Lipinski definition) is 1.